The number of rotatable bonds is 44. The molecule has 0 aliphatic carbocycles. The number of ketones is 4. The Morgan fingerprint density at radius 3 is 2.02 bits per heavy atom. The van der Waals surface area contributed by atoms with Crippen molar-refractivity contribution in [2.75, 3.05) is 46.2 Å². The maximum absolute atomic E-state index is 14.8. The zero-order valence-corrected chi connectivity index (χ0v) is 60.4. The van der Waals surface area contributed by atoms with Gasteiger partial charge >= 0.3 is 12.1 Å². The van der Waals surface area contributed by atoms with Crippen molar-refractivity contribution in [3.63, 3.8) is 0 Å². The number of likely N-dealkylation sites (N-methyl/N-ethyl adjacent to an activating group) is 1. The number of nitrogens with zero attached hydrogens (tertiary/aromatic N) is 3. The lowest BCUT2D eigenvalue weighted by Gasteiger charge is -2.41. The first-order valence-corrected chi connectivity index (χ1v) is 35.4. The third-order valence-electron chi connectivity index (χ3n) is 18.8. The van der Waals surface area contributed by atoms with E-state index in [1.165, 1.54) is 18.4 Å². The Morgan fingerprint density at radius 1 is 0.771 bits per heavy atom. The average Bonchev–Trinajstić information content (AvgIpc) is 1.37. The quantitative estimate of drug-likeness (QED) is 0.0287. The van der Waals surface area contributed by atoms with E-state index in [1.807, 2.05) is 76.9 Å². The molecule has 7 amide bonds. The van der Waals surface area contributed by atoms with Crippen LogP contribution in [0.4, 0.5) is 15.3 Å². The number of thiazole rings is 1. The molecule has 8 N–H and O–H groups in total. The number of likely N-dealkylation sites (tertiary alicyclic amines) is 1. The molecule has 1 saturated heterocycles. The van der Waals surface area contributed by atoms with Gasteiger partial charge in [-0.15, -0.1) is 11.3 Å². The van der Waals surface area contributed by atoms with Gasteiger partial charge in [-0.1, -0.05) is 118 Å². The Bertz CT molecular complexity index is 2960. The van der Waals surface area contributed by atoms with Crippen molar-refractivity contribution < 1.29 is 62.2 Å². The molecule has 4 rings (SSSR count). The molecule has 0 unspecified atom stereocenters. The number of nitrogens with two attached hydrogens (primary N) is 2. The van der Waals surface area contributed by atoms with Gasteiger partial charge in [0, 0.05) is 113 Å². The van der Waals surface area contributed by atoms with Crippen LogP contribution in [0.15, 0.2) is 66.2 Å². The van der Waals surface area contributed by atoms with Crippen molar-refractivity contribution >= 4 is 75.9 Å². The van der Waals surface area contributed by atoms with Crippen molar-refractivity contribution in [1.29, 1.82) is 0 Å². The normalized spacial score (nSPS) is 16.5. The minimum Gasteiger partial charge on any atom is -0.445 e. The number of nitrogens with one attached hydrogen (secondary N) is 4. The number of anilines is 1. The summed E-state index contributed by atoms with van der Waals surface area (Å²) in [7, 11) is 4.81. The number of methoxy groups -OCH3 is 2. The first-order valence-electron chi connectivity index (χ1n) is 34.5. The number of ether oxygens (including phenoxy) is 3. The molecule has 0 saturated carbocycles. The summed E-state index contributed by atoms with van der Waals surface area (Å²) in [5, 5.41) is 13.8. The van der Waals surface area contributed by atoms with E-state index in [1.54, 1.807) is 77.2 Å². The van der Waals surface area contributed by atoms with Gasteiger partial charge in [0.1, 0.15) is 18.2 Å². The van der Waals surface area contributed by atoms with E-state index in [2.05, 4.69) is 38.4 Å². The third-order valence-corrected chi connectivity index (χ3v) is 19.7. The van der Waals surface area contributed by atoms with Gasteiger partial charge in [-0.3, -0.25) is 38.4 Å². The van der Waals surface area contributed by atoms with Crippen molar-refractivity contribution in [2.45, 2.75) is 221 Å². The highest BCUT2D eigenvalue weighted by atomic mass is 32.1. The smallest absolute Gasteiger partial charge is 0.408 e. The fraction of sp³-hybridized carbons (Fsp3) is 0.658. The number of hydrogen-bond donors (Lipinski definition) is 6. The topological polar surface area (TPSA) is 318 Å². The van der Waals surface area contributed by atoms with Crippen LogP contribution < -0.4 is 32.7 Å². The fourth-order valence-corrected chi connectivity index (χ4v) is 13.7. The maximum atomic E-state index is 14.8. The number of benzene rings is 2. The second kappa shape index (κ2) is 40.7. The monoisotopic (exact) mass is 1360 g/mol. The Morgan fingerprint density at radius 2 is 1.44 bits per heavy atom. The van der Waals surface area contributed by atoms with Crippen LogP contribution in [-0.2, 0) is 65.6 Å². The Labute approximate surface area is 574 Å². The molecule has 2 heterocycles. The average molecular weight is 1360 g/mol. The SMILES string of the molecule is CC[C@H](C)[C@@H]([C@@H](CC(=O)N1CCC[C@H]1[C@H](OC)[C@@H](C)C(=O)C[C@@H](Cc1ccccc1)c1nccs1)OC)N(C)C(=O)[C@@H](CC(=O)C(C)(C)NC(=O)OCc1ccc(NC(=O)[C@H](CCCNC(N)=O)CC(=O)[C@@H](NC(=O)[C@H](CCCCN)CC(=O)CC(C)C)C(C)C)cc1)C(C)C. The molecule has 2 aromatic carbocycles. The zero-order valence-electron chi connectivity index (χ0n) is 59.6. The number of alkyl carbamates (subject to hydrolysis) is 1. The van der Waals surface area contributed by atoms with Crippen LogP contribution in [0.1, 0.15) is 188 Å². The number of unbranched alkanes of at least 4 members (excludes halogenated alkanes) is 1. The number of Topliss-reactive ketones (excluding diaryl/α,β-unsaturated/α-hetero) is 4. The first-order chi connectivity index (χ1) is 45.5. The molecule has 1 aliphatic rings. The standard InChI is InChI=1S/C73H113N9O13S/c1-15-48(8)65(61(93-13)43-63(87)82-35-22-27-58(82)66(94-14)49(9)59(84)41-54(69-76-34-36-96-69)38-50-23-17-16-18-24-50)81(12)70(90)57(46(4)5)42-62(86)73(10,11)80-72(92)95-44-51-28-30-55(31-29-51)78-67(88)53(26-21-33-77-71(75)91)40-60(85)64(47(6)7)79-68(89)52(25-19-20-32-74)39-56(83)37-45(2)3/h16-18,23-24,28-31,34,36,45-49,52-54,57-58,61,64-66H,15,19-22,25-27,32-33,35,37-44,74H2,1-14H3,(H,78,88)(H,79,89)(H,80,92)(H3,75,77,91)/t48-,49-,52+,53+,54+,57-,58-,61+,64-,65-,66+/m0/s1. The van der Waals surface area contributed by atoms with Crippen LogP contribution in [0.5, 0.6) is 0 Å². The summed E-state index contributed by atoms with van der Waals surface area (Å²) < 4.78 is 17.8. The van der Waals surface area contributed by atoms with Gasteiger partial charge in [0.25, 0.3) is 0 Å². The number of aromatic nitrogens is 1. The van der Waals surface area contributed by atoms with Crippen LogP contribution in [0.25, 0.3) is 0 Å². The number of primary amides is 1. The summed E-state index contributed by atoms with van der Waals surface area (Å²) in [5.41, 5.74) is 11.6. The van der Waals surface area contributed by atoms with Crippen molar-refractivity contribution in [3.8, 4) is 0 Å². The second-order valence-corrected chi connectivity index (χ2v) is 28.8. The molecule has 0 bridgehead atoms. The van der Waals surface area contributed by atoms with Crippen LogP contribution in [0.2, 0.25) is 0 Å². The molecule has 3 aromatic rings. The second-order valence-electron chi connectivity index (χ2n) is 27.9. The summed E-state index contributed by atoms with van der Waals surface area (Å²) in [5.74, 6) is -5.71. The highest BCUT2D eigenvalue weighted by Crippen LogP contribution is 2.34. The van der Waals surface area contributed by atoms with E-state index in [4.69, 9.17) is 25.7 Å². The molecule has 22 nitrogen and oxygen atoms in total. The van der Waals surface area contributed by atoms with E-state index < -0.39 is 83.2 Å². The number of hydrogen-bond acceptors (Lipinski definition) is 16. The Hall–Kier alpha value is -6.95. The summed E-state index contributed by atoms with van der Waals surface area (Å²) in [6.07, 6.45) is 4.76. The van der Waals surface area contributed by atoms with E-state index in [0.29, 0.717) is 75.7 Å². The number of carbonyl (C=O) groups is 10. The van der Waals surface area contributed by atoms with Crippen molar-refractivity contribution in [1.82, 2.24) is 30.7 Å². The van der Waals surface area contributed by atoms with Crippen LogP contribution >= 0.6 is 11.3 Å². The van der Waals surface area contributed by atoms with Gasteiger partial charge in [0.15, 0.2) is 11.6 Å². The van der Waals surface area contributed by atoms with Crippen LogP contribution in [0.3, 0.4) is 0 Å². The molecular formula is C73H113N9O13S. The molecule has 11 atom stereocenters. The van der Waals surface area contributed by atoms with Gasteiger partial charge in [-0.25, -0.2) is 14.6 Å². The molecule has 0 radical (unpaired) electrons. The number of amides is 7. The lowest BCUT2D eigenvalue weighted by atomic mass is 9.83. The molecule has 1 fully saturated rings. The van der Waals surface area contributed by atoms with Gasteiger partial charge in [-0.05, 0) is 112 Å². The van der Waals surface area contributed by atoms with Gasteiger partial charge in [0.05, 0.1) is 47.3 Å². The van der Waals surface area contributed by atoms with Gasteiger partial charge < -0.3 is 56.7 Å². The Kier molecular flexibility index (Phi) is 34.5. The minimum atomic E-state index is -1.47. The number of urea groups is 1. The summed E-state index contributed by atoms with van der Waals surface area (Å²) in [4.78, 5) is 145. The largest absolute Gasteiger partial charge is 0.445 e. The third kappa shape index (κ3) is 25.8. The van der Waals surface area contributed by atoms with E-state index in [9.17, 15) is 47.9 Å². The van der Waals surface area contributed by atoms with E-state index >= 15 is 0 Å². The molecule has 534 valence electrons. The predicted molar refractivity (Wildman–Crippen MR) is 373 cm³/mol. The minimum absolute atomic E-state index is 0.0315. The summed E-state index contributed by atoms with van der Waals surface area (Å²) >= 11 is 1.54. The van der Waals surface area contributed by atoms with E-state index in [0.717, 1.165) is 17.0 Å². The highest BCUT2D eigenvalue weighted by molar-refractivity contribution is 7.09. The lowest BCUT2D eigenvalue weighted by Crippen LogP contribution is -2.55. The highest BCUT2D eigenvalue weighted by Gasteiger charge is 2.44. The molecule has 96 heavy (non-hydrogen) atoms. The molecule has 1 aromatic heterocycles. The van der Waals surface area contributed by atoms with Crippen LogP contribution in [-0.4, -0.2) is 150 Å². The summed E-state index contributed by atoms with van der Waals surface area (Å²) in [6.45, 7) is 21.1. The lowest BCUT2D eigenvalue weighted by molar-refractivity contribution is -0.149. The van der Waals surface area contributed by atoms with Crippen molar-refractivity contribution in [2.24, 2.45) is 58.8 Å². The van der Waals surface area contributed by atoms with E-state index in [-0.39, 0.29) is 116 Å². The predicted octanol–water partition coefficient (Wildman–Crippen LogP) is 10.1. The maximum Gasteiger partial charge on any atom is 0.408 e. The van der Waals surface area contributed by atoms with Crippen LogP contribution in [0, 0.1) is 47.3 Å². The Balaban J connectivity index is 1.38. The van der Waals surface area contributed by atoms with Gasteiger partial charge in [0.2, 0.25) is 23.6 Å². The van der Waals surface area contributed by atoms with Crippen molar-refractivity contribution in [3.05, 3.63) is 82.3 Å². The zero-order chi connectivity index (χ0) is 71.4. The molecular weight excluding hydrogens is 1240 g/mol. The molecule has 0 spiro atoms. The van der Waals surface area contributed by atoms with Gasteiger partial charge in [-0.2, -0.15) is 0 Å². The summed E-state index contributed by atoms with van der Waals surface area (Å²) in [6, 6.07) is 14.0. The molecule has 23 heteroatoms. The fourth-order valence-electron chi connectivity index (χ4n) is 12.9. The number of carbonyl (C=O) groups excluding carboxylic acids is 10. The first kappa shape index (κ1) is 81.5. The molecule has 1 aliphatic heterocycles.